The molecule has 1 heterocycles. The highest BCUT2D eigenvalue weighted by atomic mass is 35.5. The summed E-state index contributed by atoms with van der Waals surface area (Å²) in [4.78, 5) is 13.0. The quantitative estimate of drug-likeness (QED) is 0.646. The molecular weight excluding hydrogens is 240 g/mol. The molecule has 0 saturated carbocycles. The minimum atomic E-state index is -0.0811. The Morgan fingerprint density at radius 3 is 2.71 bits per heavy atom. The predicted molar refractivity (Wildman–Crippen MR) is 66.6 cm³/mol. The number of carbonyl (C=O) groups is 1. The molecule has 1 fully saturated rings. The van der Waals surface area contributed by atoms with Gasteiger partial charge in [0, 0.05) is 12.2 Å². The molecule has 17 heavy (non-hydrogen) atoms. The van der Waals surface area contributed by atoms with Gasteiger partial charge in [0.1, 0.15) is 12.6 Å². The van der Waals surface area contributed by atoms with Crippen molar-refractivity contribution in [1.82, 2.24) is 4.90 Å². The highest BCUT2D eigenvalue weighted by molar-refractivity contribution is 6.27. The number of alkyl halides is 1. The standard InChI is InChI=1S/C12H15ClN2O2/c13-7-12(16)15-6-5-11(17-8-15)9-1-3-10(14)4-2-9/h1-4,11H,5-8,14H2. The van der Waals surface area contributed by atoms with E-state index < -0.39 is 0 Å². The average molecular weight is 255 g/mol. The molecule has 1 aromatic rings. The second-order valence-corrected chi connectivity index (χ2v) is 4.30. The van der Waals surface area contributed by atoms with Crippen LogP contribution in [0.15, 0.2) is 24.3 Å². The summed E-state index contributed by atoms with van der Waals surface area (Å²) < 4.78 is 5.65. The number of halogens is 1. The highest BCUT2D eigenvalue weighted by Gasteiger charge is 2.23. The van der Waals surface area contributed by atoms with Crippen LogP contribution >= 0.6 is 11.6 Å². The van der Waals surface area contributed by atoms with Crippen LogP contribution in [0.4, 0.5) is 5.69 Å². The van der Waals surface area contributed by atoms with Crippen LogP contribution in [-0.4, -0.2) is 30.0 Å². The van der Waals surface area contributed by atoms with Crippen molar-refractivity contribution in [1.29, 1.82) is 0 Å². The monoisotopic (exact) mass is 254 g/mol. The van der Waals surface area contributed by atoms with E-state index in [1.807, 2.05) is 24.3 Å². The van der Waals surface area contributed by atoms with Crippen molar-refractivity contribution in [3.05, 3.63) is 29.8 Å². The first kappa shape index (κ1) is 12.2. The lowest BCUT2D eigenvalue weighted by Gasteiger charge is -2.32. The number of nitrogens with two attached hydrogens (primary N) is 1. The minimum absolute atomic E-state index is 0.00982. The molecule has 2 N–H and O–H groups in total. The Kier molecular flexibility index (Phi) is 3.86. The Labute approximate surface area is 105 Å². The first-order valence-corrected chi connectivity index (χ1v) is 6.05. The summed E-state index contributed by atoms with van der Waals surface area (Å²) in [6.07, 6.45) is 0.821. The molecule has 1 amide bonds. The molecule has 0 bridgehead atoms. The summed E-state index contributed by atoms with van der Waals surface area (Å²) in [7, 11) is 0. The van der Waals surface area contributed by atoms with E-state index in [-0.39, 0.29) is 17.9 Å². The molecule has 0 radical (unpaired) electrons. The summed E-state index contributed by atoms with van der Waals surface area (Å²) in [6, 6.07) is 7.63. The fourth-order valence-electron chi connectivity index (χ4n) is 1.86. The Morgan fingerprint density at radius 2 is 2.18 bits per heavy atom. The van der Waals surface area contributed by atoms with E-state index >= 15 is 0 Å². The summed E-state index contributed by atoms with van der Waals surface area (Å²) in [5.74, 6) is -0.0713. The van der Waals surface area contributed by atoms with Crippen LogP contribution in [0.1, 0.15) is 18.1 Å². The number of hydrogen-bond donors (Lipinski definition) is 1. The van der Waals surface area contributed by atoms with Gasteiger partial charge in [0.05, 0.1) is 6.10 Å². The molecular formula is C12H15ClN2O2. The van der Waals surface area contributed by atoms with Crippen molar-refractivity contribution in [3.63, 3.8) is 0 Å². The Balaban J connectivity index is 1.95. The lowest BCUT2D eigenvalue weighted by molar-refractivity contribution is -0.143. The van der Waals surface area contributed by atoms with Gasteiger partial charge < -0.3 is 15.4 Å². The normalized spacial score (nSPS) is 20.3. The Morgan fingerprint density at radius 1 is 1.47 bits per heavy atom. The fraction of sp³-hybridized carbons (Fsp3) is 0.417. The molecule has 0 aliphatic carbocycles. The minimum Gasteiger partial charge on any atom is -0.399 e. The van der Waals surface area contributed by atoms with Gasteiger partial charge in [-0.1, -0.05) is 12.1 Å². The van der Waals surface area contributed by atoms with Gasteiger partial charge >= 0.3 is 0 Å². The molecule has 1 aromatic carbocycles. The largest absolute Gasteiger partial charge is 0.399 e. The van der Waals surface area contributed by atoms with E-state index in [4.69, 9.17) is 22.1 Å². The fourth-order valence-corrected chi connectivity index (χ4v) is 2.02. The maximum absolute atomic E-state index is 11.4. The molecule has 1 saturated heterocycles. The zero-order valence-corrected chi connectivity index (χ0v) is 10.2. The number of nitrogen functional groups attached to an aromatic ring is 1. The lowest BCUT2D eigenvalue weighted by atomic mass is 10.0. The van der Waals surface area contributed by atoms with Crippen LogP contribution in [0, 0.1) is 0 Å². The van der Waals surface area contributed by atoms with E-state index in [0.717, 1.165) is 17.7 Å². The number of carbonyl (C=O) groups excluding carboxylic acids is 1. The van der Waals surface area contributed by atoms with Crippen molar-refractivity contribution in [3.8, 4) is 0 Å². The van der Waals surface area contributed by atoms with E-state index in [1.165, 1.54) is 0 Å². The third-order valence-corrected chi connectivity index (χ3v) is 3.10. The van der Waals surface area contributed by atoms with Crippen molar-refractivity contribution in [2.24, 2.45) is 0 Å². The molecule has 92 valence electrons. The molecule has 4 nitrogen and oxygen atoms in total. The van der Waals surface area contributed by atoms with Crippen LogP contribution in [0.3, 0.4) is 0 Å². The number of benzene rings is 1. The molecule has 0 aromatic heterocycles. The van der Waals surface area contributed by atoms with Gasteiger partial charge in [-0.3, -0.25) is 4.79 Å². The highest BCUT2D eigenvalue weighted by Crippen LogP contribution is 2.26. The van der Waals surface area contributed by atoms with Crippen LogP contribution in [-0.2, 0) is 9.53 Å². The van der Waals surface area contributed by atoms with Gasteiger partial charge in [0.15, 0.2) is 0 Å². The van der Waals surface area contributed by atoms with E-state index in [1.54, 1.807) is 4.90 Å². The maximum Gasteiger partial charge on any atom is 0.239 e. The number of nitrogens with zero attached hydrogens (tertiary/aromatic N) is 1. The number of ether oxygens (including phenoxy) is 1. The molecule has 1 unspecified atom stereocenters. The first-order valence-electron chi connectivity index (χ1n) is 5.51. The third-order valence-electron chi connectivity index (χ3n) is 2.87. The molecule has 2 rings (SSSR count). The number of hydrogen-bond acceptors (Lipinski definition) is 3. The van der Waals surface area contributed by atoms with Crippen molar-refractivity contribution >= 4 is 23.2 Å². The third kappa shape index (κ3) is 2.90. The number of rotatable bonds is 2. The van der Waals surface area contributed by atoms with E-state index in [9.17, 15) is 4.79 Å². The predicted octanol–water partition coefficient (Wildman–Crippen LogP) is 1.76. The number of amides is 1. The summed E-state index contributed by atoms with van der Waals surface area (Å²) in [5.41, 5.74) is 7.46. The van der Waals surface area contributed by atoms with Crippen LogP contribution in [0.25, 0.3) is 0 Å². The Bertz CT molecular complexity index is 386. The molecule has 0 spiro atoms. The van der Waals surface area contributed by atoms with Crippen LogP contribution in [0.2, 0.25) is 0 Å². The van der Waals surface area contributed by atoms with Gasteiger partial charge in [-0.05, 0) is 24.1 Å². The maximum atomic E-state index is 11.4. The SMILES string of the molecule is Nc1ccc(C2CCN(C(=O)CCl)CO2)cc1. The molecule has 1 aliphatic rings. The second kappa shape index (κ2) is 5.38. The van der Waals surface area contributed by atoms with Crippen LogP contribution < -0.4 is 5.73 Å². The van der Waals surface area contributed by atoms with Crippen LogP contribution in [0.5, 0.6) is 0 Å². The topological polar surface area (TPSA) is 55.6 Å². The van der Waals surface area contributed by atoms with E-state index in [0.29, 0.717) is 13.3 Å². The van der Waals surface area contributed by atoms with Crippen molar-refractivity contribution < 1.29 is 9.53 Å². The van der Waals surface area contributed by atoms with Crippen molar-refractivity contribution in [2.45, 2.75) is 12.5 Å². The van der Waals surface area contributed by atoms with Crippen molar-refractivity contribution in [2.75, 3.05) is 24.9 Å². The van der Waals surface area contributed by atoms with E-state index in [2.05, 4.69) is 0 Å². The lowest BCUT2D eigenvalue weighted by Crippen LogP contribution is -2.39. The zero-order valence-electron chi connectivity index (χ0n) is 9.43. The summed E-state index contributed by atoms with van der Waals surface area (Å²) in [6.45, 7) is 0.987. The summed E-state index contributed by atoms with van der Waals surface area (Å²) >= 11 is 5.50. The smallest absolute Gasteiger partial charge is 0.239 e. The molecule has 5 heteroatoms. The summed E-state index contributed by atoms with van der Waals surface area (Å²) in [5, 5.41) is 0. The van der Waals surface area contributed by atoms with Gasteiger partial charge in [0.25, 0.3) is 0 Å². The van der Waals surface area contributed by atoms with Gasteiger partial charge in [0.2, 0.25) is 5.91 Å². The van der Waals surface area contributed by atoms with Gasteiger partial charge in [-0.25, -0.2) is 0 Å². The Hall–Kier alpha value is -1.26. The first-order chi connectivity index (χ1) is 8.20. The number of anilines is 1. The zero-order chi connectivity index (χ0) is 12.3. The average Bonchev–Trinajstić information content (AvgIpc) is 2.39. The van der Waals surface area contributed by atoms with Gasteiger partial charge in [-0.15, -0.1) is 11.6 Å². The molecule has 1 aliphatic heterocycles. The second-order valence-electron chi connectivity index (χ2n) is 4.03. The van der Waals surface area contributed by atoms with Gasteiger partial charge in [-0.2, -0.15) is 0 Å². The molecule has 1 atom stereocenters.